The Kier molecular flexibility index (Phi) is 7.72. The molecule has 0 aromatic heterocycles. The van der Waals surface area contributed by atoms with Crippen molar-refractivity contribution in [2.75, 3.05) is 12.0 Å². The summed E-state index contributed by atoms with van der Waals surface area (Å²) in [6.45, 7) is 4.32. The first-order valence-corrected chi connectivity index (χ1v) is 12.5. The SMILES string of the molecule is CCC(C)c1ccc(N(Cc2cccc(C(F)(F)F)c2)C(=O)C2CCCc3ccc(OC)cc32)cc1. The minimum Gasteiger partial charge on any atom is -0.497 e. The summed E-state index contributed by atoms with van der Waals surface area (Å²) >= 11 is 0. The Morgan fingerprint density at radius 2 is 1.83 bits per heavy atom. The topological polar surface area (TPSA) is 29.5 Å². The molecule has 0 radical (unpaired) electrons. The number of carbonyl (C=O) groups excluding carboxylic acids is 1. The second kappa shape index (κ2) is 10.8. The van der Waals surface area contributed by atoms with Crippen LogP contribution in [0.5, 0.6) is 5.75 Å². The van der Waals surface area contributed by atoms with E-state index < -0.39 is 11.7 Å². The molecule has 0 bridgehead atoms. The Bertz CT molecular complexity index is 1200. The number of nitrogens with zero attached hydrogens (tertiary/aromatic N) is 1. The van der Waals surface area contributed by atoms with E-state index >= 15 is 0 Å². The van der Waals surface area contributed by atoms with Crippen LogP contribution in [0.25, 0.3) is 0 Å². The molecule has 1 aliphatic carbocycles. The van der Waals surface area contributed by atoms with Crippen LogP contribution in [0.2, 0.25) is 0 Å². The predicted octanol–water partition coefficient (Wildman–Crippen LogP) is 7.88. The number of halogens is 3. The van der Waals surface area contributed by atoms with E-state index in [-0.39, 0.29) is 18.4 Å². The maximum absolute atomic E-state index is 14.1. The molecule has 0 saturated heterocycles. The van der Waals surface area contributed by atoms with Crippen molar-refractivity contribution in [3.63, 3.8) is 0 Å². The van der Waals surface area contributed by atoms with Crippen molar-refractivity contribution in [1.29, 1.82) is 0 Å². The number of hydrogen-bond donors (Lipinski definition) is 0. The molecule has 2 atom stereocenters. The monoisotopic (exact) mass is 495 g/mol. The fourth-order valence-corrected chi connectivity index (χ4v) is 4.89. The maximum atomic E-state index is 14.1. The lowest BCUT2D eigenvalue weighted by Crippen LogP contribution is -2.36. The van der Waals surface area contributed by atoms with Gasteiger partial charge in [-0.05, 0) is 90.3 Å². The fourth-order valence-electron chi connectivity index (χ4n) is 4.89. The first-order chi connectivity index (χ1) is 17.2. The molecule has 0 saturated carbocycles. The molecule has 2 unspecified atom stereocenters. The number of ether oxygens (including phenoxy) is 1. The van der Waals surface area contributed by atoms with Gasteiger partial charge in [-0.15, -0.1) is 0 Å². The summed E-state index contributed by atoms with van der Waals surface area (Å²) in [5.74, 6) is 0.571. The van der Waals surface area contributed by atoms with Crippen LogP contribution >= 0.6 is 0 Å². The molecule has 0 aliphatic heterocycles. The highest BCUT2D eigenvalue weighted by atomic mass is 19.4. The summed E-state index contributed by atoms with van der Waals surface area (Å²) in [5.41, 5.74) is 3.63. The van der Waals surface area contributed by atoms with Crippen LogP contribution < -0.4 is 9.64 Å². The van der Waals surface area contributed by atoms with E-state index in [1.54, 1.807) is 18.1 Å². The van der Waals surface area contributed by atoms with Gasteiger partial charge >= 0.3 is 6.18 Å². The van der Waals surface area contributed by atoms with Gasteiger partial charge in [0.05, 0.1) is 25.1 Å². The van der Waals surface area contributed by atoms with E-state index in [0.29, 0.717) is 29.3 Å². The van der Waals surface area contributed by atoms with Crippen LogP contribution in [-0.2, 0) is 23.9 Å². The summed E-state index contributed by atoms with van der Waals surface area (Å²) < 4.78 is 45.5. The highest BCUT2D eigenvalue weighted by molar-refractivity contribution is 5.98. The molecule has 0 spiro atoms. The van der Waals surface area contributed by atoms with Crippen molar-refractivity contribution < 1.29 is 22.7 Å². The minimum atomic E-state index is -4.44. The number of benzene rings is 3. The number of anilines is 1. The number of methoxy groups -OCH3 is 1. The van der Waals surface area contributed by atoms with Gasteiger partial charge in [0.2, 0.25) is 5.91 Å². The summed E-state index contributed by atoms with van der Waals surface area (Å²) in [7, 11) is 1.60. The highest BCUT2D eigenvalue weighted by Crippen LogP contribution is 2.37. The molecular formula is C30H32F3NO2. The highest BCUT2D eigenvalue weighted by Gasteiger charge is 2.33. The van der Waals surface area contributed by atoms with E-state index in [1.807, 2.05) is 42.5 Å². The van der Waals surface area contributed by atoms with Gasteiger partial charge in [-0.1, -0.05) is 44.2 Å². The molecule has 3 aromatic rings. The largest absolute Gasteiger partial charge is 0.497 e. The summed E-state index contributed by atoms with van der Waals surface area (Å²) in [6.07, 6.45) is -1.00. The van der Waals surface area contributed by atoms with Gasteiger partial charge in [0.15, 0.2) is 0 Å². The van der Waals surface area contributed by atoms with Gasteiger partial charge in [-0.2, -0.15) is 13.2 Å². The van der Waals surface area contributed by atoms with Gasteiger partial charge in [0.1, 0.15) is 5.75 Å². The summed E-state index contributed by atoms with van der Waals surface area (Å²) in [6, 6.07) is 18.9. The quantitative estimate of drug-likeness (QED) is 0.334. The van der Waals surface area contributed by atoms with Gasteiger partial charge < -0.3 is 9.64 Å². The summed E-state index contributed by atoms with van der Waals surface area (Å²) in [5, 5.41) is 0. The Labute approximate surface area is 210 Å². The fraction of sp³-hybridized carbons (Fsp3) is 0.367. The molecule has 190 valence electrons. The first kappa shape index (κ1) is 25.8. The molecule has 1 amide bonds. The third-order valence-electron chi connectivity index (χ3n) is 7.21. The third-order valence-corrected chi connectivity index (χ3v) is 7.21. The second-order valence-corrected chi connectivity index (χ2v) is 9.53. The lowest BCUT2D eigenvalue weighted by molar-refractivity contribution is -0.137. The molecule has 0 fully saturated rings. The smallest absolute Gasteiger partial charge is 0.416 e. The van der Waals surface area contributed by atoms with Crippen LogP contribution in [0.4, 0.5) is 18.9 Å². The molecule has 6 heteroatoms. The van der Waals surface area contributed by atoms with E-state index in [4.69, 9.17) is 4.74 Å². The van der Waals surface area contributed by atoms with E-state index in [2.05, 4.69) is 13.8 Å². The third kappa shape index (κ3) is 5.58. The van der Waals surface area contributed by atoms with Gasteiger partial charge in [-0.3, -0.25) is 4.79 Å². The van der Waals surface area contributed by atoms with Gasteiger partial charge in [-0.25, -0.2) is 0 Å². The molecule has 0 heterocycles. The normalized spacial score (nSPS) is 16.2. The zero-order valence-electron chi connectivity index (χ0n) is 20.9. The van der Waals surface area contributed by atoms with Crippen LogP contribution in [0.15, 0.2) is 66.7 Å². The van der Waals surface area contributed by atoms with Crippen molar-refractivity contribution in [2.45, 2.75) is 64.1 Å². The van der Waals surface area contributed by atoms with Crippen molar-refractivity contribution in [3.8, 4) is 5.75 Å². The zero-order chi connectivity index (χ0) is 25.9. The predicted molar refractivity (Wildman–Crippen MR) is 136 cm³/mol. The number of hydrogen-bond acceptors (Lipinski definition) is 2. The number of rotatable bonds is 7. The standard InChI is InChI=1S/C30H32F3NO2/c1-4-20(2)22-11-14-25(15-12-22)34(19-21-7-5-9-24(17-21)30(31,32)33)29(35)27-10-6-8-23-13-16-26(36-3)18-28(23)27/h5,7,9,11-18,20,27H,4,6,8,10,19H2,1-3H3. The van der Waals surface area contributed by atoms with E-state index in [0.717, 1.165) is 42.5 Å². The number of amides is 1. The number of carbonyl (C=O) groups is 1. The lowest BCUT2D eigenvalue weighted by Gasteiger charge is -2.31. The number of aryl methyl sites for hydroxylation is 1. The molecule has 1 aliphatic rings. The molecule has 4 rings (SSSR count). The van der Waals surface area contributed by atoms with Crippen molar-refractivity contribution in [1.82, 2.24) is 0 Å². The average Bonchev–Trinajstić information content (AvgIpc) is 2.90. The van der Waals surface area contributed by atoms with Gasteiger partial charge in [0.25, 0.3) is 0 Å². The van der Waals surface area contributed by atoms with Crippen LogP contribution in [0.3, 0.4) is 0 Å². The van der Waals surface area contributed by atoms with E-state index in [1.165, 1.54) is 11.6 Å². The number of fused-ring (bicyclic) bond motifs is 1. The van der Waals surface area contributed by atoms with Crippen molar-refractivity contribution >= 4 is 11.6 Å². The minimum absolute atomic E-state index is 0.0568. The molecule has 3 aromatic carbocycles. The number of alkyl halides is 3. The van der Waals surface area contributed by atoms with Crippen molar-refractivity contribution in [2.24, 2.45) is 0 Å². The van der Waals surface area contributed by atoms with Crippen LogP contribution in [-0.4, -0.2) is 13.0 Å². The molecule has 3 nitrogen and oxygen atoms in total. The lowest BCUT2D eigenvalue weighted by atomic mass is 9.81. The summed E-state index contributed by atoms with van der Waals surface area (Å²) in [4.78, 5) is 15.7. The molecule has 36 heavy (non-hydrogen) atoms. The first-order valence-electron chi connectivity index (χ1n) is 12.5. The van der Waals surface area contributed by atoms with Crippen molar-refractivity contribution in [3.05, 3.63) is 94.5 Å². The zero-order valence-corrected chi connectivity index (χ0v) is 20.9. The molecular weight excluding hydrogens is 463 g/mol. The van der Waals surface area contributed by atoms with Crippen LogP contribution in [0.1, 0.15) is 72.8 Å². The molecule has 0 N–H and O–H groups in total. The Morgan fingerprint density at radius 1 is 1.08 bits per heavy atom. The second-order valence-electron chi connectivity index (χ2n) is 9.53. The maximum Gasteiger partial charge on any atom is 0.416 e. The van der Waals surface area contributed by atoms with Crippen LogP contribution in [0, 0.1) is 0 Å². The average molecular weight is 496 g/mol. The van der Waals surface area contributed by atoms with Gasteiger partial charge in [0, 0.05) is 5.69 Å². The van der Waals surface area contributed by atoms with E-state index in [9.17, 15) is 18.0 Å². The Hall–Kier alpha value is -3.28. The Balaban J connectivity index is 1.73. The Morgan fingerprint density at radius 3 is 2.50 bits per heavy atom.